The van der Waals surface area contributed by atoms with E-state index in [1.807, 2.05) is 12.1 Å². The molecule has 1 aromatic heterocycles. The molecular weight excluding hydrogens is 304 g/mol. The molecule has 2 atom stereocenters. The monoisotopic (exact) mass is 326 g/mol. The number of aliphatic hydroxyl groups is 1. The average Bonchev–Trinajstić information content (AvgIpc) is 3.21. The van der Waals surface area contributed by atoms with Crippen molar-refractivity contribution < 1.29 is 5.11 Å². The van der Waals surface area contributed by atoms with Crippen LogP contribution in [0.5, 0.6) is 0 Å². The van der Waals surface area contributed by atoms with Gasteiger partial charge in [-0.3, -0.25) is 0 Å². The molecule has 3 rings (SSSR count). The van der Waals surface area contributed by atoms with E-state index in [1.54, 1.807) is 18.0 Å². The molecule has 0 aliphatic heterocycles. The fourth-order valence-corrected chi connectivity index (χ4v) is 4.64. The highest BCUT2D eigenvalue weighted by Gasteiger charge is 2.44. The first-order valence-electron chi connectivity index (χ1n) is 7.85. The summed E-state index contributed by atoms with van der Waals surface area (Å²) in [5, 5.41) is 15.3. The Morgan fingerprint density at radius 3 is 3.00 bits per heavy atom. The smallest absolute Gasteiger partial charge is 0.115 e. The molecule has 2 fully saturated rings. The third kappa shape index (κ3) is 3.73. The predicted molar refractivity (Wildman–Crippen MR) is 87.9 cm³/mol. The van der Waals surface area contributed by atoms with E-state index in [2.05, 4.69) is 10.3 Å². The number of rotatable bonds is 7. The number of halogens is 1. The van der Waals surface area contributed by atoms with Crippen LogP contribution in [0.15, 0.2) is 23.4 Å². The van der Waals surface area contributed by atoms with E-state index in [9.17, 15) is 5.11 Å². The van der Waals surface area contributed by atoms with Gasteiger partial charge in [0.15, 0.2) is 0 Å². The maximum atomic E-state index is 9.92. The van der Waals surface area contributed by atoms with Crippen LogP contribution in [0.2, 0.25) is 5.02 Å². The Morgan fingerprint density at radius 1 is 1.43 bits per heavy atom. The molecular formula is C16H23ClN2OS. The Hall–Kier alpha value is -0.290. The molecule has 0 spiro atoms. The maximum absolute atomic E-state index is 9.92. The van der Waals surface area contributed by atoms with Gasteiger partial charge in [0, 0.05) is 17.8 Å². The lowest BCUT2D eigenvalue weighted by atomic mass is 9.85. The van der Waals surface area contributed by atoms with Crippen molar-refractivity contribution >= 4 is 23.4 Å². The summed E-state index contributed by atoms with van der Waals surface area (Å²) in [5.41, 5.74) is -0.0321. The van der Waals surface area contributed by atoms with Crippen molar-refractivity contribution in [2.24, 2.45) is 5.92 Å². The minimum atomic E-state index is -0.0321. The second-order valence-electron chi connectivity index (χ2n) is 6.25. The second kappa shape index (κ2) is 6.86. The first kappa shape index (κ1) is 15.6. The quantitative estimate of drug-likeness (QED) is 0.753. The van der Waals surface area contributed by atoms with Crippen LogP contribution < -0.4 is 5.32 Å². The highest BCUT2D eigenvalue weighted by molar-refractivity contribution is 7.99. The maximum Gasteiger partial charge on any atom is 0.115 e. The molecule has 21 heavy (non-hydrogen) atoms. The molecule has 2 aliphatic rings. The molecule has 0 saturated heterocycles. The van der Waals surface area contributed by atoms with Crippen LogP contribution in [0.4, 0.5) is 0 Å². The van der Waals surface area contributed by atoms with Crippen molar-refractivity contribution in [1.29, 1.82) is 0 Å². The van der Waals surface area contributed by atoms with E-state index < -0.39 is 0 Å². The number of hydrogen-bond acceptors (Lipinski definition) is 4. The van der Waals surface area contributed by atoms with Gasteiger partial charge in [-0.15, -0.1) is 11.8 Å². The van der Waals surface area contributed by atoms with E-state index >= 15 is 0 Å². The highest BCUT2D eigenvalue weighted by Crippen LogP contribution is 2.41. The van der Waals surface area contributed by atoms with Gasteiger partial charge in [-0.25, -0.2) is 4.98 Å². The first-order valence-corrected chi connectivity index (χ1v) is 9.22. The van der Waals surface area contributed by atoms with Gasteiger partial charge in [0.05, 0.1) is 11.6 Å². The van der Waals surface area contributed by atoms with Crippen molar-refractivity contribution in [3.8, 4) is 0 Å². The Labute approximate surface area is 135 Å². The Bertz CT molecular complexity index is 483. The zero-order valence-corrected chi connectivity index (χ0v) is 13.8. The topological polar surface area (TPSA) is 45.1 Å². The van der Waals surface area contributed by atoms with E-state index in [-0.39, 0.29) is 12.1 Å². The lowest BCUT2D eigenvalue weighted by molar-refractivity contribution is 0.120. The number of pyridine rings is 1. The van der Waals surface area contributed by atoms with Gasteiger partial charge < -0.3 is 10.4 Å². The van der Waals surface area contributed by atoms with Gasteiger partial charge in [0.25, 0.3) is 0 Å². The molecule has 2 unspecified atom stereocenters. The lowest BCUT2D eigenvalue weighted by Gasteiger charge is -2.35. The molecule has 0 aromatic carbocycles. The number of aliphatic hydroxyl groups excluding tert-OH is 1. The van der Waals surface area contributed by atoms with Gasteiger partial charge >= 0.3 is 0 Å². The zero-order chi connectivity index (χ0) is 14.7. The van der Waals surface area contributed by atoms with Gasteiger partial charge in [-0.1, -0.05) is 18.0 Å². The van der Waals surface area contributed by atoms with Crippen LogP contribution >= 0.6 is 23.4 Å². The summed E-state index contributed by atoms with van der Waals surface area (Å²) in [7, 11) is 0. The van der Waals surface area contributed by atoms with Crippen LogP contribution in [-0.4, -0.2) is 34.0 Å². The summed E-state index contributed by atoms with van der Waals surface area (Å²) in [5.74, 6) is 1.58. The minimum absolute atomic E-state index is 0.0321. The van der Waals surface area contributed by atoms with Crippen molar-refractivity contribution in [2.45, 2.75) is 55.1 Å². The zero-order valence-electron chi connectivity index (χ0n) is 12.2. The fourth-order valence-electron chi connectivity index (χ4n) is 3.42. The predicted octanol–water partition coefficient (Wildman–Crippen LogP) is 3.50. The summed E-state index contributed by atoms with van der Waals surface area (Å²) >= 11 is 7.87. The highest BCUT2D eigenvalue weighted by atomic mass is 35.5. The third-order valence-corrected chi connectivity index (χ3v) is 6.19. The second-order valence-corrected chi connectivity index (χ2v) is 7.74. The average molecular weight is 327 g/mol. The normalized spacial score (nSPS) is 29.0. The molecule has 1 aromatic rings. The largest absolute Gasteiger partial charge is 0.394 e. The van der Waals surface area contributed by atoms with Gasteiger partial charge in [-0.2, -0.15) is 0 Å². The van der Waals surface area contributed by atoms with E-state index in [0.717, 1.165) is 28.6 Å². The van der Waals surface area contributed by atoms with Crippen LogP contribution in [0, 0.1) is 5.92 Å². The summed E-state index contributed by atoms with van der Waals surface area (Å²) in [4.78, 5) is 4.32. The van der Waals surface area contributed by atoms with E-state index in [0.29, 0.717) is 12.0 Å². The number of aromatic nitrogens is 1. The fraction of sp³-hybridized carbons (Fsp3) is 0.688. The number of nitrogens with zero attached hydrogens (tertiary/aromatic N) is 1. The third-order valence-electron chi connectivity index (χ3n) is 4.74. The van der Waals surface area contributed by atoms with E-state index in [1.165, 1.54) is 25.7 Å². The first-order chi connectivity index (χ1) is 10.2. The van der Waals surface area contributed by atoms with Gasteiger partial charge in [-0.05, 0) is 55.9 Å². The number of thioether (sulfide) groups is 1. The summed E-state index contributed by atoms with van der Waals surface area (Å²) in [6, 6.07) is 4.40. The van der Waals surface area contributed by atoms with Crippen LogP contribution in [0.1, 0.15) is 38.5 Å². The number of nitrogens with one attached hydrogen (secondary N) is 1. The summed E-state index contributed by atoms with van der Waals surface area (Å²) in [6.45, 7) is 0.267. The molecule has 3 nitrogen and oxygen atoms in total. The van der Waals surface area contributed by atoms with Crippen molar-refractivity contribution in [3.05, 3.63) is 23.4 Å². The minimum Gasteiger partial charge on any atom is -0.394 e. The SMILES string of the molecule is OCC1(NC2CC2)CCCC1CCSc1ncccc1Cl. The van der Waals surface area contributed by atoms with Crippen molar-refractivity contribution in [3.63, 3.8) is 0 Å². The summed E-state index contributed by atoms with van der Waals surface area (Å²) < 4.78 is 0. The van der Waals surface area contributed by atoms with E-state index in [4.69, 9.17) is 11.6 Å². The molecule has 0 amide bonds. The Balaban J connectivity index is 1.55. The molecule has 2 aliphatic carbocycles. The molecule has 5 heteroatoms. The van der Waals surface area contributed by atoms with Crippen LogP contribution in [-0.2, 0) is 0 Å². The molecule has 2 saturated carbocycles. The molecule has 1 heterocycles. The van der Waals surface area contributed by atoms with Crippen molar-refractivity contribution in [2.75, 3.05) is 12.4 Å². The molecule has 0 bridgehead atoms. The molecule has 2 N–H and O–H groups in total. The molecule has 116 valence electrons. The number of hydrogen-bond donors (Lipinski definition) is 2. The summed E-state index contributed by atoms with van der Waals surface area (Å²) in [6.07, 6.45) is 8.99. The molecule has 0 radical (unpaired) electrons. The Kier molecular flexibility index (Phi) is 5.10. The van der Waals surface area contributed by atoms with Crippen LogP contribution in [0.25, 0.3) is 0 Å². The Morgan fingerprint density at radius 2 is 2.29 bits per heavy atom. The van der Waals surface area contributed by atoms with Crippen LogP contribution in [0.3, 0.4) is 0 Å². The van der Waals surface area contributed by atoms with Gasteiger partial charge in [0.1, 0.15) is 5.03 Å². The standard InChI is InChI=1S/C16H23ClN2OS/c17-14-4-2-9-18-15(14)21-10-7-12-3-1-8-16(12,11-20)19-13-5-6-13/h2,4,9,12-13,19-20H,1,3,5-8,10-11H2. The van der Waals surface area contributed by atoms with Gasteiger partial charge in [0.2, 0.25) is 0 Å². The van der Waals surface area contributed by atoms with Crippen molar-refractivity contribution in [1.82, 2.24) is 10.3 Å². The lowest BCUT2D eigenvalue weighted by Crippen LogP contribution is -2.52.